The fourth-order valence-corrected chi connectivity index (χ4v) is 3.78. The van der Waals surface area contributed by atoms with Gasteiger partial charge in [0.05, 0.1) is 24.8 Å². The van der Waals surface area contributed by atoms with Gasteiger partial charge in [0, 0.05) is 12.1 Å². The molecule has 1 fully saturated rings. The molecule has 1 heterocycles. The zero-order chi connectivity index (χ0) is 22.4. The van der Waals surface area contributed by atoms with Gasteiger partial charge in [0.2, 0.25) is 0 Å². The second kappa shape index (κ2) is 10.2. The molecule has 1 saturated heterocycles. The Kier molecular flexibility index (Phi) is 7.34. The van der Waals surface area contributed by atoms with Crippen molar-refractivity contribution >= 4 is 17.4 Å². The van der Waals surface area contributed by atoms with Gasteiger partial charge in [-0.2, -0.15) is 0 Å². The summed E-state index contributed by atoms with van der Waals surface area (Å²) in [4.78, 5) is 27.5. The molecule has 0 radical (unpaired) electrons. The normalized spacial score (nSPS) is 17.8. The van der Waals surface area contributed by atoms with E-state index >= 15 is 0 Å². The number of aliphatic hydroxyl groups excluding tert-OH is 1. The number of ether oxygens (including phenoxy) is 2. The van der Waals surface area contributed by atoms with Gasteiger partial charge in [0.15, 0.2) is 0 Å². The summed E-state index contributed by atoms with van der Waals surface area (Å²) in [5.74, 6) is -0.239. The van der Waals surface area contributed by atoms with Crippen molar-refractivity contribution in [2.45, 2.75) is 39.7 Å². The van der Waals surface area contributed by atoms with Gasteiger partial charge in [-0.05, 0) is 50.1 Å². The lowest BCUT2D eigenvalue weighted by molar-refractivity contribution is -0.139. The third-order valence-corrected chi connectivity index (χ3v) is 5.20. The minimum atomic E-state index is -0.678. The van der Waals surface area contributed by atoms with E-state index in [9.17, 15) is 14.7 Å². The number of benzene rings is 2. The van der Waals surface area contributed by atoms with Gasteiger partial charge in [-0.25, -0.2) is 0 Å². The van der Waals surface area contributed by atoms with E-state index < -0.39 is 17.7 Å². The number of likely N-dealkylation sites (tertiary alicyclic amines) is 1. The number of unbranched alkanes of at least 4 members (excludes halogenated alkanes) is 1. The second-order valence-corrected chi connectivity index (χ2v) is 7.31. The van der Waals surface area contributed by atoms with Crippen LogP contribution in [0.2, 0.25) is 0 Å². The van der Waals surface area contributed by atoms with Crippen LogP contribution in [-0.4, -0.2) is 41.5 Å². The quantitative estimate of drug-likeness (QED) is 0.359. The van der Waals surface area contributed by atoms with Crippen molar-refractivity contribution in [3.05, 3.63) is 65.2 Å². The van der Waals surface area contributed by atoms with Crippen LogP contribution in [0.25, 0.3) is 5.76 Å². The number of carbonyl (C=O) groups is 2. The monoisotopic (exact) mass is 423 g/mol. The lowest BCUT2D eigenvalue weighted by atomic mass is 9.95. The first-order valence-electron chi connectivity index (χ1n) is 10.8. The maximum atomic E-state index is 13.0. The summed E-state index contributed by atoms with van der Waals surface area (Å²) in [5, 5.41) is 11.1. The molecule has 31 heavy (non-hydrogen) atoms. The summed E-state index contributed by atoms with van der Waals surface area (Å²) in [5.41, 5.74) is 1.25. The standard InChI is InChI=1S/C25H29NO5/c1-4-7-14-26-22(17-10-8-12-19(15-17)30-5-2)21(24(28)25(26)29)23(27)18-11-9-13-20(16-18)31-6-3/h8-13,15-16,22,27H,4-7,14H2,1-3H3/b23-21-. The highest BCUT2D eigenvalue weighted by atomic mass is 16.5. The summed E-state index contributed by atoms with van der Waals surface area (Å²) < 4.78 is 11.1. The predicted octanol–water partition coefficient (Wildman–Crippen LogP) is 4.71. The van der Waals surface area contributed by atoms with Crippen LogP contribution in [0, 0.1) is 0 Å². The Morgan fingerprint density at radius 2 is 1.61 bits per heavy atom. The molecule has 2 aromatic rings. The van der Waals surface area contributed by atoms with Crippen molar-refractivity contribution < 1.29 is 24.2 Å². The second-order valence-electron chi connectivity index (χ2n) is 7.31. The summed E-state index contributed by atoms with van der Waals surface area (Å²) >= 11 is 0. The lowest BCUT2D eigenvalue weighted by Gasteiger charge is -2.25. The molecule has 1 aliphatic rings. The van der Waals surface area contributed by atoms with Crippen LogP contribution < -0.4 is 9.47 Å². The third-order valence-electron chi connectivity index (χ3n) is 5.20. The van der Waals surface area contributed by atoms with E-state index in [2.05, 4.69) is 0 Å². The van der Waals surface area contributed by atoms with Crippen molar-refractivity contribution in [1.82, 2.24) is 4.90 Å². The number of rotatable bonds is 9. The average Bonchev–Trinajstić information content (AvgIpc) is 3.03. The first-order valence-corrected chi connectivity index (χ1v) is 10.8. The molecule has 3 rings (SSSR count). The van der Waals surface area contributed by atoms with Crippen LogP contribution in [-0.2, 0) is 9.59 Å². The number of nitrogens with zero attached hydrogens (tertiary/aromatic N) is 1. The van der Waals surface area contributed by atoms with E-state index in [4.69, 9.17) is 9.47 Å². The number of amides is 1. The average molecular weight is 424 g/mol. The summed E-state index contributed by atoms with van der Waals surface area (Å²) in [7, 11) is 0. The molecular weight excluding hydrogens is 394 g/mol. The molecule has 2 aromatic carbocycles. The van der Waals surface area contributed by atoms with Crippen LogP contribution in [0.5, 0.6) is 11.5 Å². The van der Waals surface area contributed by atoms with E-state index in [0.717, 1.165) is 18.4 Å². The number of hydrogen-bond acceptors (Lipinski definition) is 5. The van der Waals surface area contributed by atoms with Crippen LogP contribution in [0.15, 0.2) is 54.1 Å². The van der Waals surface area contributed by atoms with Crippen LogP contribution >= 0.6 is 0 Å². The highest BCUT2D eigenvalue weighted by molar-refractivity contribution is 6.46. The van der Waals surface area contributed by atoms with Gasteiger partial charge in [-0.15, -0.1) is 0 Å². The number of carbonyl (C=O) groups excluding carboxylic acids is 2. The number of Topliss-reactive ketones (excluding diaryl/α,β-unsaturated/α-hetero) is 1. The highest BCUT2D eigenvalue weighted by Gasteiger charge is 2.45. The zero-order valence-electron chi connectivity index (χ0n) is 18.3. The van der Waals surface area contributed by atoms with Gasteiger partial charge in [0.25, 0.3) is 11.7 Å². The smallest absolute Gasteiger partial charge is 0.295 e. The maximum Gasteiger partial charge on any atom is 0.295 e. The Balaban J connectivity index is 2.14. The molecule has 0 bridgehead atoms. The molecule has 1 amide bonds. The molecule has 0 aromatic heterocycles. The van der Waals surface area contributed by atoms with Gasteiger partial charge in [-0.3, -0.25) is 9.59 Å². The van der Waals surface area contributed by atoms with Crippen molar-refractivity contribution in [2.75, 3.05) is 19.8 Å². The Bertz CT molecular complexity index is 981. The number of aliphatic hydroxyl groups is 1. The van der Waals surface area contributed by atoms with Gasteiger partial charge < -0.3 is 19.5 Å². The molecule has 0 saturated carbocycles. The van der Waals surface area contributed by atoms with Crippen LogP contribution in [0.1, 0.15) is 50.8 Å². The first-order chi connectivity index (χ1) is 15.0. The maximum absolute atomic E-state index is 13.0. The predicted molar refractivity (Wildman–Crippen MR) is 119 cm³/mol. The number of hydrogen-bond donors (Lipinski definition) is 1. The van der Waals surface area contributed by atoms with Gasteiger partial charge in [0.1, 0.15) is 17.3 Å². The van der Waals surface area contributed by atoms with Gasteiger partial charge in [-0.1, -0.05) is 37.6 Å². The minimum absolute atomic E-state index is 0.0865. The first kappa shape index (κ1) is 22.4. The van der Waals surface area contributed by atoms with E-state index in [1.54, 1.807) is 29.2 Å². The van der Waals surface area contributed by atoms with Crippen molar-refractivity contribution in [3.8, 4) is 11.5 Å². The van der Waals surface area contributed by atoms with E-state index in [0.29, 0.717) is 36.8 Å². The molecule has 6 nitrogen and oxygen atoms in total. The summed E-state index contributed by atoms with van der Waals surface area (Å²) in [6.45, 7) is 7.21. The molecule has 6 heteroatoms. The van der Waals surface area contributed by atoms with Crippen LogP contribution in [0.3, 0.4) is 0 Å². The Labute approximate surface area is 183 Å². The Hall–Kier alpha value is -3.28. The minimum Gasteiger partial charge on any atom is -0.507 e. The largest absolute Gasteiger partial charge is 0.507 e. The fourth-order valence-electron chi connectivity index (χ4n) is 3.78. The molecule has 1 N–H and O–H groups in total. The Morgan fingerprint density at radius 3 is 2.26 bits per heavy atom. The molecule has 0 aliphatic carbocycles. The van der Waals surface area contributed by atoms with Crippen LogP contribution in [0.4, 0.5) is 0 Å². The van der Waals surface area contributed by atoms with E-state index in [1.165, 1.54) is 0 Å². The molecule has 164 valence electrons. The molecule has 0 spiro atoms. The zero-order valence-corrected chi connectivity index (χ0v) is 18.3. The third kappa shape index (κ3) is 4.74. The molecule has 1 unspecified atom stereocenters. The molecule has 1 atom stereocenters. The van der Waals surface area contributed by atoms with Crippen molar-refractivity contribution in [1.29, 1.82) is 0 Å². The van der Waals surface area contributed by atoms with Crippen molar-refractivity contribution in [2.24, 2.45) is 0 Å². The highest BCUT2D eigenvalue weighted by Crippen LogP contribution is 2.40. The SMILES string of the molecule is CCCCN1C(=O)C(=O)/C(=C(\O)c2cccc(OCC)c2)C1c1cccc(OCC)c1. The summed E-state index contributed by atoms with van der Waals surface area (Å²) in [6.07, 6.45) is 1.64. The molecule has 1 aliphatic heterocycles. The summed E-state index contributed by atoms with van der Waals surface area (Å²) in [6, 6.07) is 13.6. The van der Waals surface area contributed by atoms with Crippen molar-refractivity contribution in [3.63, 3.8) is 0 Å². The fraction of sp³-hybridized carbons (Fsp3) is 0.360. The molecular formula is C25H29NO5. The number of ketones is 1. The van der Waals surface area contributed by atoms with Gasteiger partial charge >= 0.3 is 0 Å². The Morgan fingerprint density at radius 1 is 0.968 bits per heavy atom. The topological polar surface area (TPSA) is 76.1 Å². The van der Waals surface area contributed by atoms with E-state index in [-0.39, 0.29) is 11.3 Å². The lowest BCUT2D eigenvalue weighted by Crippen LogP contribution is -2.30. The van der Waals surface area contributed by atoms with E-state index in [1.807, 2.05) is 45.0 Å².